The summed E-state index contributed by atoms with van der Waals surface area (Å²) in [5.74, 6) is -0.181. The molecule has 2 aromatic carbocycles. The number of carbonyl (C=O) groups excluding carboxylic acids is 2. The largest absolute Gasteiger partial charge is 0.453 e. The minimum absolute atomic E-state index is 0.181. The lowest BCUT2D eigenvalue weighted by molar-refractivity contribution is 0.0950. The highest BCUT2D eigenvalue weighted by Crippen LogP contribution is 2.21. The molecular formula is C23H29N3O3. The van der Waals surface area contributed by atoms with Crippen LogP contribution in [-0.2, 0) is 17.8 Å². The van der Waals surface area contributed by atoms with Crippen molar-refractivity contribution in [1.29, 1.82) is 0 Å². The number of carbonyl (C=O) groups is 2. The number of likely N-dealkylation sites (tertiary alicyclic amines) is 1. The molecule has 1 atom stereocenters. The first-order valence-corrected chi connectivity index (χ1v) is 10.1. The van der Waals surface area contributed by atoms with E-state index >= 15 is 0 Å². The Morgan fingerprint density at radius 2 is 1.90 bits per heavy atom. The monoisotopic (exact) mass is 395 g/mol. The molecule has 6 heteroatoms. The number of ether oxygens (including phenoxy) is 1. The van der Waals surface area contributed by atoms with Crippen LogP contribution in [0.4, 0.5) is 10.5 Å². The smallest absolute Gasteiger partial charge is 0.411 e. The summed E-state index contributed by atoms with van der Waals surface area (Å²) in [4.78, 5) is 26.5. The van der Waals surface area contributed by atoms with E-state index in [-0.39, 0.29) is 5.91 Å². The number of hydrogen-bond acceptors (Lipinski definition) is 4. The Morgan fingerprint density at radius 3 is 2.66 bits per heavy atom. The number of methoxy groups -OCH3 is 1. The quantitative estimate of drug-likeness (QED) is 0.770. The number of amides is 2. The van der Waals surface area contributed by atoms with Crippen LogP contribution in [0, 0.1) is 0 Å². The molecule has 1 saturated heterocycles. The number of piperidine rings is 1. The van der Waals surface area contributed by atoms with Gasteiger partial charge in [-0.3, -0.25) is 15.0 Å². The van der Waals surface area contributed by atoms with E-state index in [9.17, 15) is 9.59 Å². The Labute approximate surface area is 172 Å². The van der Waals surface area contributed by atoms with Gasteiger partial charge in [0, 0.05) is 30.4 Å². The molecular weight excluding hydrogens is 366 g/mol. The van der Waals surface area contributed by atoms with Gasteiger partial charge in [0.1, 0.15) is 0 Å². The van der Waals surface area contributed by atoms with Gasteiger partial charge < -0.3 is 10.1 Å². The van der Waals surface area contributed by atoms with Crippen LogP contribution < -0.4 is 10.6 Å². The van der Waals surface area contributed by atoms with E-state index in [2.05, 4.69) is 45.4 Å². The molecule has 2 aromatic rings. The van der Waals surface area contributed by atoms with Gasteiger partial charge in [0.15, 0.2) is 0 Å². The van der Waals surface area contributed by atoms with Crippen molar-refractivity contribution in [3.05, 3.63) is 65.2 Å². The molecule has 3 rings (SSSR count). The Hall–Kier alpha value is -2.86. The Balaban J connectivity index is 1.63. The molecule has 1 aliphatic heterocycles. The van der Waals surface area contributed by atoms with E-state index in [4.69, 9.17) is 0 Å². The second kappa shape index (κ2) is 10.1. The minimum atomic E-state index is -0.566. The Bertz CT molecular complexity index is 853. The summed E-state index contributed by atoms with van der Waals surface area (Å²) in [6.45, 7) is 4.79. The normalized spacial score (nSPS) is 16.8. The van der Waals surface area contributed by atoms with Crippen molar-refractivity contribution in [1.82, 2.24) is 10.2 Å². The lowest BCUT2D eigenvalue weighted by Gasteiger charge is -2.33. The molecule has 0 bridgehead atoms. The summed E-state index contributed by atoms with van der Waals surface area (Å²) in [6, 6.07) is 15.7. The Kier molecular flexibility index (Phi) is 7.25. The van der Waals surface area contributed by atoms with Gasteiger partial charge >= 0.3 is 6.09 Å². The van der Waals surface area contributed by atoms with Crippen LogP contribution in [0.15, 0.2) is 48.5 Å². The van der Waals surface area contributed by atoms with Gasteiger partial charge in [-0.15, -0.1) is 0 Å². The second-order valence-corrected chi connectivity index (χ2v) is 7.46. The van der Waals surface area contributed by atoms with Gasteiger partial charge in [0.25, 0.3) is 5.91 Å². The fourth-order valence-corrected chi connectivity index (χ4v) is 3.68. The predicted molar refractivity (Wildman–Crippen MR) is 114 cm³/mol. The highest BCUT2D eigenvalue weighted by atomic mass is 16.5. The molecule has 6 nitrogen and oxygen atoms in total. The van der Waals surface area contributed by atoms with Crippen LogP contribution in [0.5, 0.6) is 0 Å². The fourth-order valence-electron chi connectivity index (χ4n) is 3.68. The molecule has 154 valence electrons. The first-order valence-electron chi connectivity index (χ1n) is 10.1. The van der Waals surface area contributed by atoms with Crippen LogP contribution in [0.2, 0.25) is 0 Å². The van der Waals surface area contributed by atoms with Crippen molar-refractivity contribution in [2.75, 3.05) is 19.0 Å². The molecule has 2 amide bonds. The molecule has 29 heavy (non-hydrogen) atoms. The SMILES string of the molecule is COC(=O)Nc1cccc(C(=O)NCc2ccccc2CN2CCCCC2C)c1. The van der Waals surface area contributed by atoms with Crippen molar-refractivity contribution in [3.63, 3.8) is 0 Å². The zero-order chi connectivity index (χ0) is 20.6. The number of nitrogens with one attached hydrogen (secondary N) is 2. The highest BCUT2D eigenvalue weighted by molar-refractivity contribution is 5.96. The summed E-state index contributed by atoms with van der Waals surface area (Å²) >= 11 is 0. The molecule has 1 heterocycles. The maximum Gasteiger partial charge on any atom is 0.411 e. The average Bonchev–Trinajstić information content (AvgIpc) is 2.74. The van der Waals surface area contributed by atoms with Gasteiger partial charge in [-0.05, 0) is 55.6 Å². The minimum Gasteiger partial charge on any atom is -0.453 e. The van der Waals surface area contributed by atoms with Crippen molar-refractivity contribution < 1.29 is 14.3 Å². The molecule has 1 unspecified atom stereocenters. The van der Waals surface area contributed by atoms with Crippen LogP contribution in [0.3, 0.4) is 0 Å². The molecule has 0 spiro atoms. The van der Waals surface area contributed by atoms with E-state index in [0.29, 0.717) is 23.8 Å². The van der Waals surface area contributed by atoms with E-state index in [1.54, 1.807) is 24.3 Å². The van der Waals surface area contributed by atoms with E-state index < -0.39 is 6.09 Å². The number of nitrogens with zero attached hydrogens (tertiary/aromatic N) is 1. The zero-order valence-electron chi connectivity index (χ0n) is 17.1. The molecule has 2 N–H and O–H groups in total. The lowest BCUT2D eigenvalue weighted by atomic mass is 10.0. The first-order chi connectivity index (χ1) is 14.1. The fraction of sp³-hybridized carbons (Fsp3) is 0.391. The topological polar surface area (TPSA) is 70.7 Å². The summed E-state index contributed by atoms with van der Waals surface area (Å²) in [6.07, 6.45) is 3.23. The summed E-state index contributed by atoms with van der Waals surface area (Å²) in [5, 5.41) is 5.57. The zero-order valence-corrected chi connectivity index (χ0v) is 17.1. The van der Waals surface area contributed by atoms with E-state index in [1.807, 2.05) is 6.07 Å². The number of benzene rings is 2. The van der Waals surface area contributed by atoms with Crippen LogP contribution in [0.1, 0.15) is 47.7 Å². The molecule has 0 saturated carbocycles. The average molecular weight is 396 g/mol. The Morgan fingerprint density at radius 1 is 1.10 bits per heavy atom. The van der Waals surface area contributed by atoms with Gasteiger partial charge in [0.05, 0.1) is 7.11 Å². The van der Waals surface area contributed by atoms with Crippen molar-refractivity contribution in [2.24, 2.45) is 0 Å². The van der Waals surface area contributed by atoms with Crippen LogP contribution >= 0.6 is 0 Å². The van der Waals surface area contributed by atoms with Crippen LogP contribution in [-0.4, -0.2) is 36.6 Å². The van der Waals surface area contributed by atoms with Gasteiger partial charge in [-0.1, -0.05) is 36.8 Å². The molecule has 0 radical (unpaired) electrons. The first kappa shape index (κ1) is 20.9. The van der Waals surface area contributed by atoms with Gasteiger partial charge in [-0.2, -0.15) is 0 Å². The van der Waals surface area contributed by atoms with E-state index in [1.165, 1.54) is 31.9 Å². The molecule has 1 fully saturated rings. The maximum absolute atomic E-state index is 12.6. The molecule has 0 aromatic heterocycles. The lowest BCUT2D eigenvalue weighted by Crippen LogP contribution is -2.37. The molecule has 1 aliphatic rings. The summed E-state index contributed by atoms with van der Waals surface area (Å²) < 4.78 is 4.59. The molecule has 0 aliphatic carbocycles. The number of anilines is 1. The third-order valence-electron chi connectivity index (χ3n) is 5.43. The van der Waals surface area contributed by atoms with Crippen LogP contribution in [0.25, 0.3) is 0 Å². The third kappa shape index (κ3) is 5.81. The standard InChI is InChI=1S/C23H29N3O3/c1-17-8-5-6-13-26(17)16-20-10-4-3-9-19(20)15-24-22(27)18-11-7-12-21(14-18)25-23(28)29-2/h3-4,7,9-12,14,17H,5-6,8,13,15-16H2,1-2H3,(H,24,27)(H,25,28). The van der Waals surface area contributed by atoms with Gasteiger partial charge in [-0.25, -0.2) is 4.79 Å². The third-order valence-corrected chi connectivity index (χ3v) is 5.43. The number of rotatable bonds is 6. The van der Waals surface area contributed by atoms with Gasteiger partial charge in [0.2, 0.25) is 0 Å². The summed E-state index contributed by atoms with van der Waals surface area (Å²) in [5.41, 5.74) is 3.38. The van der Waals surface area contributed by atoms with Crippen molar-refractivity contribution in [3.8, 4) is 0 Å². The van der Waals surface area contributed by atoms with Crippen molar-refractivity contribution >= 4 is 17.7 Å². The predicted octanol–water partition coefficient (Wildman–Crippen LogP) is 4.17. The van der Waals surface area contributed by atoms with E-state index in [0.717, 1.165) is 18.7 Å². The number of hydrogen-bond donors (Lipinski definition) is 2. The maximum atomic E-state index is 12.6. The summed E-state index contributed by atoms with van der Waals surface area (Å²) in [7, 11) is 1.30. The second-order valence-electron chi connectivity index (χ2n) is 7.46. The highest BCUT2D eigenvalue weighted by Gasteiger charge is 2.19. The van der Waals surface area contributed by atoms with Crippen molar-refractivity contribution in [2.45, 2.75) is 45.3 Å².